The molecule has 0 aromatic carbocycles. The summed E-state index contributed by atoms with van der Waals surface area (Å²) in [4.78, 5) is 8.83. The minimum Gasteiger partial charge on any atom is -0.330 e. The molecule has 2 aromatic heterocycles. The van der Waals surface area contributed by atoms with Gasteiger partial charge in [0.2, 0.25) is 5.95 Å². The summed E-state index contributed by atoms with van der Waals surface area (Å²) in [6, 6.07) is 0. The lowest BCUT2D eigenvalue weighted by molar-refractivity contribution is 0.379. The van der Waals surface area contributed by atoms with Crippen LogP contribution in [0.1, 0.15) is 50.7 Å². The smallest absolute Gasteiger partial charge is 0.227 e. The molecule has 0 N–H and O–H groups in total. The molecule has 3 nitrogen and oxygen atoms in total. The van der Waals surface area contributed by atoms with Crippen LogP contribution in [-0.4, -0.2) is 14.5 Å². The first-order valence-electron chi connectivity index (χ1n) is 6.51. The topological polar surface area (TPSA) is 30.7 Å². The molecule has 0 fully saturated rings. The van der Waals surface area contributed by atoms with Crippen LogP contribution >= 0.6 is 11.3 Å². The molecule has 2 aromatic rings. The Bertz CT molecular complexity index is 539. The number of nitrogens with zero attached hydrogens (tertiary/aromatic N) is 3. The van der Waals surface area contributed by atoms with Gasteiger partial charge in [0.05, 0.1) is 10.4 Å². The van der Waals surface area contributed by atoms with Gasteiger partial charge in [-0.05, 0) is 33.1 Å². The SMILES string of the molecule is CC(CCc1nccn1C(C)(C)C)c1scnc1F. The highest BCUT2D eigenvalue weighted by atomic mass is 32.1. The molecule has 2 rings (SSSR count). The third kappa shape index (κ3) is 3.21. The summed E-state index contributed by atoms with van der Waals surface area (Å²) in [7, 11) is 0. The second-order valence-electron chi connectivity index (χ2n) is 5.83. The van der Waals surface area contributed by atoms with Crippen molar-refractivity contribution in [2.45, 2.75) is 52.0 Å². The molecule has 5 heteroatoms. The maximum absolute atomic E-state index is 13.4. The Balaban J connectivity index is 2.04. The van der Waals surface area contributed by atoms with Gasteiger partial charge < -0.3 is 4.57 Å². The molecule has 0 aliphatic rings. The molecular weight excluding hydrogens is 261 g/mol. The number of thiazole rings is 1. The molecule has 1 unspecified atom stereocenters. The van der Waals surface area contributed by atoms with Crippen molar-refractivity contribution >= 4 is 11.3 Å². The highest BCUT2D eigenvalue weighted by molar-refractivity contribution is 7.09. The van der Waals surface area contributed by atoms with E-state index in [9.17, 15) is 4.39 Å². The Morgan fingerprint density at radius 3 is 2.68 bits per heavy atom. The maximum atomic E-state index is 13.4. The van der Waals surface area contributed by atoms with Crippen LogP contribution in [0.5, 0.6) is 0 Å². The van der Waals surface area contributed by atoms with Crippen LogP contribution < -0.4 is 0 Å². The lowest BCUT2D eigenvalue weighted by Gasteiger charge is -2.23. The van der Waals surface area contributed by atoms with Crippen molar-refractivity contribution in [3.05, 3.63) is 34.6 Å². The van der Waals surface area contributed by atoms with E-state index in [1.165, 1.54) is 11.3 Å². The second-order valence-corrected chi connectivity index (χ2v) is 6.72. The Morgan fingerprint density at radius 2 is 2.11 bits per heavy atom. The molecule has 19 heavy (non-hydrogen) atoms. The summed E-state index contributed by atoms with van der Waals surface area (Å²) in [5.74, 6) is 0.915. The second kappa shape index (κ2) is 5.41. The van der Waals surface area contributed by atoms with Crippen LogP contribution in [0.4, 0.5) is 4.39 Å². The quantitative estimate of drug-likeness (QED) is 0.849. The number of rotatable bonds is 4. The fraction of sp³-hybridized carbons (Fsp3) is 0.571. The van der Waals surface area contributed by atoms with Crippen molar-refractivity contribution < 1.29 is 4.39 Å². The molecule has 1 atom stereocenters. The van der Waals surface area contributed by atoms with Gasteiger partial charge in [-0.25, -0.2) is 9.97 Å². The average molecular weight is 281 g/mol. The zero-order valence-electron chi connectivity index (χ0n) is 11.9. The molecule has 0 bridgehead atoms. The fourth-order valence-corrected chi connectivity index (χ4v) is 2.93. The van der Waals surface area contributed by atoms with E-state index in [0.717, 1.165) is 23.5 Å². The zero-order valence-corrected chi connectivity index (χ0v) is 12.7. The Hall–Kier alpha value is -1.23. The molecule has 2 heterocycles. The lowest BCUT2D eigenvalue weighted by Crippen LogP contribution is -2.23. The molecule has 0 amide bonds. The number of hydrogen-bond acceptors (Lipinski definition) is 3. The first-order chi connectivity index (χ1) is 8.89. The van der Waals surface area contributed by atoms with Crippen LogP contribution in [0, 0.1) is 5.95 Å². The lowest BCUT2D eigenvalue weighted by atomic mass is 10.0. The molecule has 0 aliphatic heterocycles. The zero-order chi connectivity index (χ0) is 14.0. The first-order valence-corrected chi connectivity index (χ1v) is 7.39. The summed E-state index contributed by atoms with van der Waals surface area (Å²) < 4.78 is 15.6. The monoisotopic (exact) mass is 281 g/mol. The summed E-state index contributed by atoms with van der Waals surface area (Å²) in [6.07, 6.45) is 5.57. The van der Waals surface area contributed by atoms with Crippen LogP contribution in [-0.2, 0) is 12.0 Å². The van der Waals surface area contributed by atoms with Gasteiger partial charge in [0.1, 0.15) is 5.82 Å². The van der Waals surface area contributed by atoms with Crippen LogP contribution in [0.15, 0.2) is 17.9 Å². The van der Waals surface area contributed by atoms with E-state index < -0.39 is 0 Å². The number of halogens is 1. The van der Waals surface area contributed by atoms with Gasteiger partial charge in [-0.1, -0.05) is 6.92 Å². The maximum Gasteiger partial charge on any atom is 0.227 e. The Morgan fingerprint density at radius 1 is 1.37 bits per heavy atom. The van der Waals surface area contributed by atoms with Gasteiger partial charge in [0, 0.05) is 24.4 Å². The number of hydrogen-bond donors (Lipinski definition) is 0. The van der Waals surface area contributed by atoms with Crippen molar-refractivity contribution in [2.24, 2.45) is 0 Å². The van der Waals surface area contributed by atoms with E-state index >= 15 is 0 Å². The third-order valence-electron chi connectivity index (χ3n) is 3.24. The largest absolute Gasteiger partial charge is 0.330 e. The van der Waals surface area contributed by atoms with E-state index in [4.69, 9.17) is 0 Å². The van der Waals surface area contributed by atoms with Crippen molar-refractivity contribution in [3.63, 3.8) is 0 Å². The molecule has 0 saturated heterocycles. The Labute approximate surface area is 117 Å². The van der Waals surface area contributed by atoms with E-state index in [1.807, 2.05) is 19.3 Å². The fourth-order valence-electron chi connectivity index (χ4n) is 2.17. The van der Waals surface area contributed by atoms with E-state index in [1.54, 1.807) is 5.51 Å². The Kier molecular flexibility index (Phi) is 4.04. The predicted octanol–water partition coefficient (Wildman–Crippen LogP) is 3.97. The summed E-state index contributed by atoms with van der Waals surface area (Å²) in [5, 5.41) is 0. The van der Waals surface area contributed by atoms with Gasteiger partial charge in [0.25, 0.3) is 0 Å². The molecule has 0 saturated carbocycles. The minimum absolute atomic E-state index is 0.0325. The molecule has 104 valence electrons. The van der Waals surface area contributed by atoms with Gasteiger partial charge in [0.15, 0.2) is 0 Å². The molecule has 0 spiro atoms. The van der Waals surface area contributed by atoms with Crippen molar-refractivity contribution in [1.82, 2.24) is 14.5 Å². The normalized spacial score (nSPS) is 13.7. The van der Waals surface area contributed by atoms with Crippen molar-refractivity contribution in [3.8, 4) is 0 Å². The van der Waals surface area contributed by atoms with E-state index in [2.05, 4.69) is 35.3 Å². The number of imidazole rings is 1. The molecule has 0 aliphatic carbocycles. The average Bonchev–Trinajstić information content (AvgIpc) is 2.93. The number of aromatic nitrogens is 3. The number of aryl methyl sites for hydroxylation is 1. The van der Waals surface area contributed by atoms with Gasteiger partial charge in [-0.3, -0.25) is 0 Å². The predicted molar refractivity (Wildman–Crippen MR) is 76.0 cm³/mol. The van der Waals surface area contributed by atoms with Crippen LogP contribution in [0.25, 0.3) is 0 Å². The highest BCUT2D eigenvalue weighted by Crippen LogP contribution is 2.27. The van der Waals surface area contributed by atoms with E-state index in [-0.39, 0.29) is 17.4 Å². The summed E-state index contributed by atoms with van der Waals surface area (Å²) in [6.45, 7) is 8.51. The highest BCUT2D eigenvalue weighted by Gasteiger charge is 2.19. The van der Waals surface area contributed by atoms with Crippen LogP contribution in [0.2, 0.25) is 0 Å². The van der Waals surface area contributed by atoms with Crippen molar-refractivity contribution in [1.29, 1.82) is 0 Å². The minimum atomic E-state index is -0.323. The molecular formula is C14H20FN3S. The molecule has 0 radical (unpaired) electrons. The van der Waals surface area contributed by atoms with Crippen molar-refractivity contribution in [2.75, 3.05) is 0 Å². The first kappa shape index (κ1) is 14.2. The van der Waals surface area contributed by atoms with Gasteiger partial charge in [-0.15, -0.1) is 11.3 Å². The van der Waals surface area contributed by atoms with Crippen LogP contribution in [0.3, 0.4) is 0 Å². The summed E-state index contributed by atoms with van der Waals surface area (Å²) >= 11 is 1.39. The standard InChI is InChI=1S/C14H20FN3S/c1-10(12-13(15)17-9-19-12)5-6-11-16-7-8-18(11)14(2,3)4/h7-10H,5-6H2,1-4H3. The third-order valence-corrected chi connectivity index (χ3v) is 4.27. The summed E-state index contributed by atoms with van der Waals surface area (Å²) in [5.41, 5.74) is 1.60. The van der Waals surface area contributed by atoms with E-state index in [0.29, 0.717) is 0 Å². The van der Waals surface area contributed by atoms with Gasteiger partial charge in [-0.2, -0.15) is 4.39 Å². The van der Waals surface area contributed by atoms with Gasteiger partial charge >= 0.3 is 0 Å².